The van der Waals surface area contributed by atoms with Gasteiger partial charge in [-0.05, 0) is 48.8 Å². The molecule has 6 heteroatoms. The van der Waals surface area contributed by atoms with E-state index in [9.17, 15) is 24.9 Å². The Labute approximate surface area is 163 Å². The Balaban J connectivity index is 1.84. The Morgan fingerprint density at radius 3 is 2.74 bits per heavy atom. The van der Waals surface area contributed by atoms with Crippen molar-refractivity contribution in [3.05, 3.63) is 34.9 Å². The van der Waals surface area contributed by atoms with Gasteiger partial charge in [0.2, 0.25) is 0 Å². The molecule has 0 spiro atoms. The van der Waals surface area contributed by atoms with Gasteiger partial charge in [-0.1, -0.05) is 37.6 Å². The van der Waals surface area contributed by atoms with E-state index in [1.54, 1.807) is 0 Å². The van der Waals surface area contributed by atoms with Gasteiger partial charge >= 0.3 is 0 Å². The maximum atomic E-state index is 12.4. The Hall–Kier alpha value is -1.27. The van der Waals surface area contributed by atoms with Gasteiger partial charge in [0.15, 0.2) is 11.6 Å². The number of carbonyl (C=O) groups is 2. The zero-order valence-electron chi connectivity index (χ0n) is 15.5. The molecular weight excluding hydrogens is 368 g/mol. The smallest absolute Gasteiger partial charge is 0.190 e. The number of Topliss-reactive ketones (excluding diaryl/α,β-unsaturated/α-hetero) is 1. The summed E-state index contributed by atoms with van der Waals surface area (Å²) in [5.41, 5.74) is -2.34. The first-order chi connectivity index (χ1) is 12.6. The van der Waals surface area contributed by atoms with E-state index in [1.165, 1.54) is 12.2 Å². The molecule has 5 nitrogen and oxygen atoms in total. The van der Waals surface area contributed by atoms with E-state index < -0.39 is 34.9 Å². The third-order valence-electron chi connectivity index (χ3n) is 7.86. The number of hydrogen-bond acceptors (Lipinski definition) is 5. The fourth-order valence-corrected chi connectivity index (χ4v) is 6.86. The van der Waals surface area contributed by atoms with Crippen molar-refractivity contribution in [3.63, 3.8) is 0 Å². The quantitative estimate of drug-likeness (QED) is 0.667. The number of aliphatic hydroxyl groups is 3. The number of halogens is 1. The summed E-state index contributed by atoms with van der Waals surface area (Å²) < 4.78 is 0. The van der Waals surface area contributed by atoms with Gasteiger partial charge in [0.05, 0.1) is 6.10 Å². The van der Waals surface area contributed by atoms with Crippen LogP contribution in [0.4, 0.5) is 0 Å². The van der Waals surface area contributed by atoms with Crippen molar-refractivity contribution in [1.82, 2.24) is 0 Å². The maximum absolute atomic E-state index is 12.4. The lowest BCUT2D eigenvalue weighted by atomic mass is 9.48. The largest absolute Gasteiger partial charge is 0.393 e. The topological polar surface area (TPSA) is 94.8 Å². The van der Waals surface area contributed by atoms with E-state index >= 15 is 0 Å². The first-order valence-electron chi connectivity index (χ1n) is 9.46. The van der Waals surface area contributed by atoms with Gasteiger partial charge in [-0.15, -0.1) is 0 Å². The minimum Gasteiger partial charge on any atom is -0.393 e. The molecule has 0 saturated heterocycles. The molecule has 27 heavy (non-hydrogen) atoms. The zero-order chi connectivity index (χ0) is 19.8. The van der Waals surface area contributed by atoms with Gasteiger partial charge in [0.1, 0.15) is 12.2 Å². The van der Waals surface area contributed by atoms with Gasteiger partial charge in [0, 0.05) is 21.8 Å². The molecule has 0 aromatic carbocycles. The summed E-state index contributed by atoms with van der Waals surface area (Å²) in [4.78, 5) is 24.2. The summed E-state index contributed by atoms with van der Waals surface area (Å²) in [5.74, 6) is -1.08. The second-order valence-electron chi connectivity index (χ2n) is 8.97. The van der Waals surface area contributed by atoms with Crippen molar-refractivity contribution >= 4 is 23.2 Å². The standard InChI is InChI=1S/C21H25ClO5/c1-19-5-3-11(24)7-14(19)15(22)8-12-13-4-6-21(27,17(26)10-23)20(13,2)9-16(25)18(12)19/h3,5,7-8,12-13,16,18,23,25,27H,4,6,9-10H2,1-2H3/t12-,13-,16-,18+,19+,20+,21-/m1/s1. The predicted molar refractivity (Wildman–Crippen MR) is 99.8 cm³/mol. The van der Waals surface area contributed by atoms with Gasteiger partial charge in [-0.2, -0.15) is 0 Å². The van der Waals surface area contributed by atoms with Crippen molar-refractivity contribution in [2.75, 3.05) is 6.61 Å². The van der Waals surface area contributed by atoms with Gasteiger partial charge in [0.25, 0.3) is 0 Å². The molecule has 0 radical (unpaired) electrons. The number of rotatable bonds is 2. The maximum Gasteiger partial charge on any atom is 0.190 e. The molecular formula is C21H25ClO5. The Morgan fingerprint density at radius 2 is 2.07 bits per heavy atom. The molecule has 0 aromatic heterocycles. The van der Waals surface area contributed by atoms with Gasteiger partial charge in [-0.3, -0.25) is 9.59 Å². The van der Waals surface area contributed by atoms with Crippen LogP contribution in [0.15, 0.2) is 34.9 Å². The zero-order valence-corrected chi connectivity index (χ0v) is 16.2. The second kappa shape index (κ2) is 5.86. The van der Waals surface area contributed by atoms with Crippen LogP contribution in [0.25, 0.3) is 0 Å². The van der Waals surface area contributed by atoms with Gasteiger partial charge < -0.3 is 15.3 Å². The summed E-state index contributed by atoms with van der Waals surface area (Å²) in [6.07, 6.45) is 7.16. The first-order valence-corrected chi connectivity index (χ1v) is 9.84. The van der Waals surface area contributed by atoms with Gasteiger partial charge in [-0.25, -0.2) is 0 Å². The Kier molecular flexibility index (Phi) is 4.14. The van der Waals surface area contributed by atoms with Crippen LogP contribution in [0.3, 0.4) is 0 Å². The van der Waals surface area contributed by atoms with E-state index in [4.69, 9.17) is 11.6 Å². The molecule has 0 unspecified atom stereocenters. The first kappa shape index (κ1) is 19.1. The van der Waals surface area contributed by atoms with E-state index in [0.29, 0.717) is 11.5 Å². The molecule has 2 saturated carbocycles. The highest BCUT2D eigenvalue weighted by atomic mass is 35.5. The molecule has 0 amide bonds. The normalized spacial score (nSPS) is 48.3. The van der Waals surface area contributed by atoms with E-state index in [0.717, 1.165) is 5.57 Å². The van der Waals surface area contributed by atoms with Crippen LogP contribution in [-0.2, 0) is 9.59 Å². The predicted octanol–water partition coefficient (Wildman–Crippen LogP) is 1.90. The third-order valence-corrected chi connectivity index (χ3v) is 8.19. The van der Waals surface area contributed by atoms with E-state index in [-0.39, 0.29) is 36.4 Å². The molecule has 3 N–H and O–H groups in total. The average Bonchev–Trinajstić information content (AvgIpc) is 2.87. The van der Waals surface area contributed by atoms with Crippen LogP contribution in [0.2, 0.25) is 0 Å². The lowest BCUT2D eigenvalue weighted by molar-refractivity contribution is -0.172. The van der Waals surface area contributed by atoms with Crippen LogP contribution in [0, 0.1) is 28.6 Å². The molecule has 0 aromatic rings. The van der Waals surface area contributed by atoms with Crippen LogP contribution < -0.4 is 0 Å². The SMILES string of the molecule is C[C@]12C=CC(=O)C=C1C(Cl)=C[C@H]1[C@H]2[C@H](O)C[C@@]2(C)[C@@H]1CC[C@@]2(O)C(=O)CO. The van der Waals surface area contributed by atoms with Crippen molar-refractivity contribution in [1.29, 1.82) is 0 Å². The number of aliphatic hydroxyl groups excluding tert-OH is 2. The van der Waals surface area contributed by atoms with Crippen molar-refractivity contribution in [3.8, 4) is 0 Å². The van der Waals surface area contributed by atoms with Crippen molar-refractivity contribution in [2.24, 2.45) is 28.6 Å². The highest BCUT2D eigenvalue weighted by molar-refractivity contribution is 6.32. The Morgan fingerprint density at radius 1 is 1.37 bits per heavy atom. The summed E-state index contributed by atoms with van der Waals surface area (Å²) in [5, 5.41) is 32.2. The minimum atomic E-state index is -1.64. The molecule has 0 bridgehead atoms. The number of hydrogen-bond donors (Lipinski definition) is 3. The third kappa shape index (κ3) is 2.29. The minimum absolute atomic E-state index is 0.0513. The molecule has 0 aliphatic heterocycles. The number of fused-ring (bicyclic) bond motifs is 5. The fraction of sp³-hybridized carbons (Fsp3) is 0.619. The highest BCUT2D eigenvalue weighted by Gasteiger charge is 2.67. The average molecular weight is 393 g/mol. The van der Waals surface area contributed by atoms with Crippen LogP contribution in [0.1, 0.15) is 33.1 Å². The monoisotopic (exact) mass is 392 g/mol. The number of carbonyl (C=O) groups excluding carboxylic acids is 2. The van der Waals surface area contributed by atoms with Crippen LogP contribution in [0.5, 0.6) is 0 Å². The molecule has 0 heterocycles. The molecule has 4 aliphatic rings. The van der Waals surface area contributed by atoms with E-state index in [2.05, 4.69) is 0 Å². The fourth-order valence-electron chi connectivity index (χ4n) is 6.46. The summed E-state index contributed by atoms with van der Waals surface area (Å²) in [6, 6.07) is 0. The number of allylic oxidation sites excluding steroid dienone is 6. The Bertz CT molecular complexity index is 813. The van der Waals surface area contributed by atoms with E-state index in [1.807, 2.05) is 26.0 Å². The summed E-state index contributed by atoms with van der Waals surface area (Å²) in [6.45, 7) is 3.11. The molecule has 2 fully saturated rings. The second-order valence-corrected chi connectivity index (χ2v) is 9.38. The number of ketones is 2. The lowest BCUT2D eigenvalue weighted by Gasteiger charge is -2.58. The highest BCUT2D eigenvalue weighted by Crippen LogP contribution is 2.66. The van der Waals surface area contributed by atoms with Crippen molar-refractivity contribution < 1.29 is 24.9 Å². The lowest BCUT2D eigenvalue weighted by Crippen LogP contribution is -2.61. The molecule has 146 valence electrons. The molecule has 4 rings (SSSR count). The van der Waals surface area contributed by atoms with Crippen LogP contribution >= 0.6 is 11.6 Å². The van der Waals surface area contributed by atoms with Crippen LogP contribution in [-0.4, -0.2) is 45.2 Å². The summed E-state index contributed by atoms with van der Waals surface area (Å²) >= 11 is 6.57. The summed E-state index contributed by atoms with van der Waals surface area (Å²) in [7, 11) is 0. The van der Waals surface area contributed by atoms with Crippen molar-refractivity contribution in [2.45, 2.75) is 44.8 Å². The molecule has 7 atom stereocenters. The molecule has 4 aliphatic carbocycles.